The van der Waals surface area contributed by atoms with Gasteiger partial charge in [-0.1, -0.05) is 0 Å². The van der Waals surface area contributed by atoms with Crippen LogP contribution in [0.2, 0.25) is 0 Å². The van der Waals surface area contributed by atoms with Crippen LogP contribution in [0.15, 0.2) is 55.0 Å². The first-order chi connectivity index (χ1) is 31.8. The summed E-state index contributed by atoms with van der Waals surface area (Å²) in [4.78, 5) is 99.1. The zero-order valence-electron chi connectivity index (χ0n) is 36.6. The third-order valence-electron chi connectivity index (χ3n) is 14.7. The molecule has 0 spiro atoms. The number of rotatable bonds is 10. The van der Waals surface area contributed by atoms with Crippen molar-refractivity contribution in [3.05, 3.63) is 83.1 Å². The predicted octanol–water partition coefficient (Wildman–Crippen LogP) is 3.07. The first-order valence-electron chi connectivity index (χ1n) is 23.0. The molecule has 3 aromatic rings. The van der Waals surface area contributed by atoms with Crippen LogP contribution in [0, 0.1) is 5.92 Å². The monoisotopic (exact) mass is 905 g/mol. The van der Waals surface area contributed by atoms with Crippen LogP contribution >= 0.6 is 0 Å². The fourth-order valence-electron chi connectivity index (χ4n) is 10.9. The molecule has 1 aromatic heterocycles. The second-order valence-electron chi connectivity index (χ2n) is 18.6. The predicted molar refractivity (Wildman–Crippen MR) is 238 cm³/mol. The molecule has 0 bridgehead atoms. The van der Waals surface area contributed by atoms with Crippen molar-refractivity contribution in [3.63, 3.8) is 0 Å². The standard InChI is InChI=1S/C47H53F2N11O6/c48-47(49)23-32(24-47)57-16-18-58(19-17-57)39-22-34-29(20-37(39)53-42(62)36(25-50)41-51-10-1-11-52-41)27-59(44(34)64)30-8-12-55(13-9-30)26-28-6-14-56(15-7-28)31-2-3-33-35(21-31)46(66)60(45(33)65)38-4-5-40(61)54-43(38)63/h1-3,10-11,20-22,25,28,30,32,38H,4-9,12-19,23-24,26-27,50H2,(H,53,62)(H,54,61,63)/b36-25+. The maximum absolute atomic E-state index is 14.2. The SMILES string of the molecule is N/C=C(/C(=O)Nc1cc2c(cc1N1CCN(C3CC(F)(F)C3)CC1)C(=O)N(C1CCN(CC3CCN(c4ccc5c(c4)C(=O)N(C4CCC(=O)NC4=O)C5=O)CC3)CC1)C2)c1ncccn1. The summed E-state index contributed by atoms with van der Waals surface area (Å²) in [6, 6.07) is 9.59. The Bertz CT molecular complexity index is 2490. The van der Waals surface area contributed by atoms with Gasteiger partial charge in [-0.25, -0.2) is 18.7 Å². The first kappa shape index (κ1) is 43.5. The Morgan fingerprint density at radius 2 is 1.52 bits per heavy atom. The minimum Gasteiger partial charge on any atom is -0.404 e. The zero-order chi connectivity index (χ0) is 45.9. The van der Waals surface area contributed by atoms with E-state index in [1.807, 2.05) is 23.1 Å². The van der Waals surface area contributed by atoms with Crippen LogP contribution in [-0.4, -0.2) is 148 Å². The number of nitrogens with zero attached hydrogens (tertiary/aromatic N) is 8. The molecule has 5 fully saturated rings. The van der Waals surface area contributed by atoms with E-state index in [1.165, 1.54) is 18.6 Å². The summed E-state index contributed by atoms with van der Waals surface area (Å²) >= 11 is 0. The average Bonchev–Trinajstić information content (AvgIpc) is 3.76. The van der Waals surface area contributed by atoms with Gasteiger partial charge in [-0.15, -0.1) is 0 Å². The van der Waals surface area contributed by atoms with Crippen LogP contribution in [0.4, 0.5) is 25.8 Å². The van der Waals surface area contributed by atoms with Crippen molar-refractivity contribution < 1.29 is 37.5 Å². The molecule has 346 valence electrons. The summed E-state index contributed by atoms with van der Waals surface area (Å²) in [7, 11) is 0. The summed E-state index contributed by atoms with van der Waals surface area (Å²) in [6.45, 7) is 6.93. The molecule has 7 aliphatic rings. The molecule has 2 aromatic carbocycles. The van der Waals surface area contributed by atoms with Gasteiger partial charge in [0.2, 0.25) is 11.8 Å². The highest BCUT2D eigenvalue weighted by Crippen LogP contribution is 2.42. The number of nitrogens with two attached hydrogens (primary N) is 1. The number of piperazine rings is 1. The van der Waals surface area contributed by atoms with E-state index in [0.29, 0.717) is 55.6 Å². The van der Waals surface area contributed by atoms with E-state index in [1.54, 1.807) is 18.2 Å². The van der Waals surface area contributed by atoms with E-state index >= 15 is 0 Å². The minimum atomic E-state index is -2.60. The van der Waals surface area contributed by atoms with E-state index in [2.05, 4.69) is 40.2 Å². The molecule has 4 N–H and O–H groups in total. The highest BCUT2D eigenvalue weighted by molar-refractivity contribution is 6.25. The van der Waals surface area contributed by atoms with Crippen molar-refractivity contribution in [1.29, 1.82) is 0 Å². The molecule has 1 aliphatic carbocycles. The molecule has 10 rings (SSSR count). The molecule has 4 saturated heterocycles. The Morgan fingerprint density at radius 3 is 2.20 bits per heavy atom. The Morgan fingerprint density at radius 1 is 0.803 bits per heavy atom. The quantitative estimate of drug-likeness (QED) is 0.199. The number of halogens is 2. The van der Waals surface area contributed by atoms with Crippen molar-refractivity contribution in [3.8, 4) is 0 Å². The Balaban J connectivity index is 0.753. The number of carbonyl (C=O) groups is 6. The summed E-state index contributed by atoms with van der Waals surface area (Å²) in [5, 5.41) is 5.28. The topological polar surface area (TPSA) is 198 Å². The molecule has 6 aliphatic heterocycles. The van der Waals surface area contributed by atoms with Crippen LogP contribution in [-0.2, 0) is 20.9 Å². The van der Waals surface area contributed by atoms with E-state index < -0.39 is 41.5 Å². The number of piperidine rings is 3. The number of nitrogens with one attached hydrogen (secondary N) is 2. The second kappa shape index (κ2) is 17.5. The van der Waals surface area contributed by atoms with Gasteiger partial charge in [-0.05, 0) is 80.0 Å². The fourth-order valence-corrected chi connectivity index (χ4v) is 10.9. The number of likely N-dealkylation sites (tertiary alicyclic amines) is 1. The lowest BCUT2D eigenvalue weighted by Gasteiger charge is -2.46. The summed E-state index contributed by atoms with van der Waals surface area (Å²) in [6.07, 6.45) is 7.74. The van der Waals surface area contributed by atoms with Gasteiger partial charge >= 0.3 is 0 Å². The lowest BCUT2D eigenvalue weighted by atomic mass is 9.86. The second-order valence-corrected chi connectivity index (χ2v) is 18.6. The average molecular weight is 906 g/mol. The minimum absolute atomic E-state index is 0.0354. The van der Waals surface area contributed by atoms with E-state index in [4.69, 9.17) is 5.73 Å². The summed E-state index contributed by atoms with van der Waals surface area (Å²) in [5.74, 6) is -4.53. The number of alkyl halides is 2. The van der Waals surface area contributed by atoms with E-state index in [0.717, 1.165) is 74.6 Å². The maximum Gasteiger partial charge on any atom is 0.262 e. The van der Waals surface area contributed by atoms with Crippen LogP contribution in [0.1, 0.15) is 93.8 Å². The molecular weight excluding hydrogens is 853 g/mol. The number of hydrogen-bond donors (Lipinski definition) is 3. The number of imide groups is 2. The van der Waals surface area contributed by atoms with Gasteiger partial charge in [0.25, 0.3) is 29.6 Å². The molecule has 1 unspecified atom stereocenters. The number of aromatic nitrogens is 2. The molecular formula is C47H53F2N11O6. The highest BCUT2D eigenvalue weighted by Gasteiger charge is 2.49. The summed E-state index contributed by atoms with van der Waals surface area (Å²) < 4.78 is 27.4. The van der Waals surface area contributed by atoms with E-state index in [-0.39, 0.29) is 66.2 Å². The number of carbonyl (C=O) groups excluding carboxylic acids is 6. The molecule has 1 atom stereocenters. The Kier molecular flexibility index (Phi) is 11.5. The van der Waals surface area contributed by atoms with Crippen LogP contribution in [0.3, 0.4) is 0 Å². The van der Waals surface area contributed by atoms with Gasteiger partial charge in [0, 0.05) is 127 Å². The first-order valence-corrected chi connectivity index (χ1v) is 23.0. The number of benzene rings is 2. The summed E-state index contributed by atoms with van der Waals surface area (Å²) in [5.41, 5.74) is 10.1. The molecule has 0 radical (unpaired) electrons. The number of fused-ring (bicyclic) bond motifs is 2. The van der Waals surface area contributed by atoms with E-state index in [9.17, 15) is 37.5 Å². The van der Waals surface area contributed by atoms with Crippen molar-refractivity contribution >= 4 is 58.1 Å². The number of amides is 6. The van der Waals surface area contributed by atoms with Gasteiger partial charge < -0.3 is 30.7 Å². The van der Waals surface area contributed by atoms with Gasteiger partial charge in [-0.3, -0.25) is 43.9 Å². The largest absolute Gasteiger partial charge is 0.404 e. The van der Waals surface area contributed by atoms with Gasteiger partial charge in [-0.2, -0.15) is 0 Å². The number of hydrogen-bond acceptors (Lipinski definition) is 13. The lowest BCUT2D eigenvalue weighted by molar-refractivity contribution is -0.136. The highest BCUT2D eigenvalue weighted by atomic mass is 19.3. The lowest BCUT2D eigenvalue weighted by Crippen LogP contribution is -2.57. The molecule has 19 heteroatoms. The molecule has 6 amide bonds. The Hall–Kier alpha value is -6.34. The van der Waals surface area contributed by atoms with Crippen molar-refractivity contribution in [2.24, 2.45) is 11.7 Å². The van der Waals surface area contributed by atoms with Crippen molar-refractivity contribution in [1.82, 2.24) is 34.9 Å². The van der Waals surface area contributed by atoms with Crippen LogP contribution < -0.4 is 26.2 Å². The van der Waals surface area contributed by atoms with Crippen molar-refractivity contribution in [2.45, 2.75) is 82.0 Å². The maximum atomic E-state index is 14.2. The number of anilines is 3. The zero-order valence-corrected chi connectivity index (χ0v) is 36.6. The van der Waals surface area contributed by atoms with Gasteiger partial charge in [0.1, 0.15) is 6.04 Å². The molecule has 66 heavy (non-hydrogen) atoms. The van der Waals surface area contributed by atoms with Crippen LogP contribution in [0.5, 0.6) is 0 Å². The Labute approximate surface area is 380 Å². The third kappa shape index (κ3) is 8.26. The van der Waals surface area contributed by atoms with Gasteiger partial charge in [0.05, 0.1) is 28.1 Å². The molecule has 7 heterocycles. The normalized spacial score (nSPS) is 23.6. The smallest absolute Gasteiger partial charge is 0.262 e. The molecule has 17 nitrogen and oxygen atoms in total. The third-order valence-corrected chi connectivity index (χ3v) is 14.7. The van der Waals surface area contributed by atoms with Crippen LogP contribution in [0.25, 0.3) is 5.57 Å². The van der Waals surface area contributed by atoms with Crippen molar-refractivity contribution in [2.75, 3.05) is 74.0 Å². The van der Waals surface area contributed by atoms with Gasteiger partial charge in [0.15, 0.2) is 5.82 Å². The molecule has 1 saturated carbocycles. The fraction of sp³-hybridized carbons (Fsp3) is 0.489.